The smallest absolute Gasteiger partial charge is 0.282 e. The van der Waals surface area contributed by atoms with Crippen molar-refractivity contribution in [3.63, 3.8) is 0 Å². The van der Waals surface area contributed by atoms with E-state index in [-0.39, 0.29) is 6.10 Å². The molecule has 0 N–H and O–H groups in total. The zero-order valence-corrected chi connectivity index (χ0v) is 14.0. The molecule has 1 aromatic rings. The number of hydrogen-bond acceptors (Lipinski definition) is 3. The lowest BCUT2D eigenvalue weighted by Crippen LogP contribution is -2.51. The predicted molar refractivity (Wildman–Crippen MR) is 86.2 cm³/mol. The van der Waals surface area contributed by atoms with E-state index < -0.39 is 10.2 Å². The average molecular weight is 345 g/mol. The summed E-state index contributed by atoms with van der Waals surface area (Å²) in [5, 5.41) is 0.700. The Labute approximate surface area is 137 Å². The van der Waals surface area contributed by atoms with E-state index in [0.29, 0.717) is 44.2 Å². The number of rotatable bonds is 4. The lowest BCUT2D eigenvalue weighted by Gasteiger charge is -2.34. The molecule has 1 aromatic carbocycles. The normalized spacial score (nSPS) is 24.7. The van der Waals surface area contributed by atoms with E-state index in [1.165, 1.54) is 0 Å². The van der Waals surface area contributed by atoms with Crippen LogP contribution in [0.15, 0.2) is 24.3 Å². The van der Waals surface area contributed by atoms with Gasteiger partial charge in [0, 0.05) is 37.6 Å². The molecular formula is C15H21ClN2O3S. The second kappa shape index (κ2) is 6.84. The molecular weight excluding hydrogens is 324 g/mol. The zero-order valence-electron chi connectivity index (χ0n) is 12.4. The van der Waals surface area contributed by atoms with Crippen LogP contribution in [-0.2, 0) is 21.4 Å². The first-order valence-corrected chi connectivity index (χ1v) is 9.45. The summed E-state index contributed by atoms with van der Waals surface area (Å²) in [6.45, 7) is 2.52. The molecule has 0 radical (unpaired) electrons. The van der Waals surface area contributed by atoms with Gasteiger partial charge in [-0.25, -0.2) is 0 Å². The fourth-order valence-corrected chi connectivity index (χ4v) is 4.94. The molecule has 0 aromatic heterocycles. The van der Waals surface area contributed by atoms with Crippen molar-refractivity contribution in [2.75, 3.05) is 32.8 Å². The van der Waals surface area contributed by atoms with Gasteiger partial charge in [-0.3, -0.25) is 0 Å². The minimum Gasteiger partial charge on any atom is -0.375 e. The maximum Gasteiger partial charge on any atom is 0.282 e. The minimum atomic E-state index is -3.34. The summed E-state index contributed by atoms with van der Waals surface area (Å²) in [5.41, 5.74) is 0.995. The first-order chi connectivity index (χ1) is 10.6. The summed E-state index contributed by atoms with van der Waals surface area (Å²) in [6.07, 6.45) is 2.39. The lowest BCUT2D eigenvalue weighted by atomic mass is 10.1. The molecule has 7 heteroatoms. The van der Waals surface area contributed by atoms with Crippen LogP contribution in [0.4, 0.5) is 0 Å². The highest BCUT2D eigenvalue weighted by atomic mass is 35.5. The molecule has 22 heavy (non-hydrogen) atoms. The number of morpholine rings is 1. The Morgan fingerprint density at radius 3 is 2.59 bits per heavy atom. The Bertz CT molecular complexity index is 617. The molecule has 2 fully saturated rings. The van der Waals surface area contributed by atoms with Crippen LogP contribution in [0, 0.1) is 0 Å². The van der Waals surface area contributed by atoms with Crippen molar-refractivity contribution >= 4 is 21.8 Å². The van der Waals surface area contributed by atoms with E-state index in [9.17, 15) is 8.42 Å². The summed E-state index contributed by atoms with van der Waals surface area (Å²) in [6, 6.07) is 7.62. The van der Waals surface area contributed by atoms with E-state index in [0.717, 1.165) is 18.4 Å². The van der Waals surface area contributed by atoms with Crippen LogP contribution in [0.25, 0.3) is 0 Å². The quantitative estimate of drug-likeness (QED) is 0.838. The van der Waals surface area contributed by atoms with Gasteiger partial charge < -0.3 is 4.74 Å². The Morgan fingerprint density at radius 2 is 1.86 bits per heavy atom. The van der Waals surface area contributed by atoms with E-state index in [4.69, 9.17) is 16.3 Å². The van der Waals surface area contributed by atoms with Gasteiger partial charge in [0.2, 0.25) is 0 Å². The highest BCUT2D eigenvalue weighted by molar-refractivity contribution is 7.86. The van der Waals surface area contributed by atoms with Crippen LogP contribution in [-0.4, -0.2) is 55.9 Å². The largest absolute Gasteiger partial charge is 0.375 e. The molecule has 122 valence electrons. The number of halogens is 1. The molecule has 2 aliphatic rings. The molecule has 5 nitrogen and oxygen atoms in total. The van der Waals surface area contributed by atoms with Crippen molar-refractivity contribution in [1.29, 1.82) is 0 Å². The first kappa shape index (κ1) is 16.2. The molecule has 2 heterocycles. The SMILES string of the molecule is O=S(=O)(N1CCCC1)N1CCO[C@@H](Cc2ccccc2Cl)C1. The topological polar surface area (TPSA) is 49.9 Å². The number of hydrogen-bond donors (Lipinski definition) is 0. The van der Waals surface area contributed by atoms with Gasteiger partial charge in [-0.1, -0.05) is 29.8 Å². The maximum atomic E-state index is 12.6. The Hall–Kier alpha value is -0.660. The van der Waals surface area contributed by atoms with Crippen LogP contribution >= 0.6 is 11.6 Å². The van der Waals surface area contributed by atoms with Crippen molar-refractivity contribution in [3.8, 4) is 0 Å². The Kier molecular flexibility index (Phi) is 5.04. The molecule has 0 spiro atoms. The van der Waals surface area contributed by atoms with Crippen LogP contribution < -0.4 is 0 Å². The third-order valence-electron chi connectivity index (χ3n) is 4.22. The summed E-state index contributed by atoms with van der Waals surface area (Å²) in [5.74, 6) is 0. The number of benzene rings is 1. The fraction of sp³-hybridized carbons (Fsp3) is 0.600. The third-order valence-corrected chi connectivity index (χ3v) is 6.60. The van der Waals surface area contributed by atoms with Gasteiger partial charge in [0.05, 0.1) is 12.7 Å². The van der Waals surface area contributed by atoms with Crippen LogP contribution in [0.3, 0.4) is 0 Å². The maximum absolute atomic E-state index is 12.6. The second-order valence-electron chi connectivity index (χ2n) is 5.76. The minimum absolute atomic E-state index is 0.147. The van der Waals surface area contributed by atoms with Crippen molar-refractivity contribution in [2.24, 2.45) is 0 Å². The van der Waals surface area contributed by atoms with E-state index in [1.54, 1.807) is 8.61 Å². The predicted octanol–water partition coefficient (Wildman–Crippen LogP) is 1.92. The molecule has 0 amide bonds. The Morgan fingerprint density at radius 1 is 1.14 bits per heavy atom. The zero-order chi connectivity index (χ0) is 15.6. The molecule has 2 aliphatic heterocycles. The number of nitrogens with zero attached hydrogens (tertiary/aromatic N) is 2. The standard InChI is InChI=1S/C15H21ClN2O3S/c16-15-6-2-1-5-13(15)11-14-12-18(9-10-21-14)22(19,20)17-7-3-4-8-17/h1-2,5-6,14H,3-4,7-12H2/t14-/m0/s1. The first-order valence-electron chi connectivity index (χ1n) is 7.67. The Balaban J connectivity index is 1.68. The monoisotopic (exact) mass is 344 g/mol. The fourth-order valence-electron chi connectivity index (χ4n) is 3.02. The van der Waals surface area contributed by atoms with E-state index in [2.05, 4.69) is 0 Å². The molecule has 0 aliphatic carbocycles. The molecule has 3 rings (SSSR count). The second-order valence-corrected chi connectivity index (χ2v) is 8.10. The van der Waals surface area contributed by atoms with Crippen molar-refractivity contribution in [3.05, 3.63) is 34.9 Å². The summed E-state index contributed by atoms with van der Waals surface area (Å²) in [7, 11) is -3.34. The van der Waals surface area contributed by atoms with Crippen LogP contribution in [0.2, 0.25) is 5.02 Å². The molecule has 2 saturated heterocycles. The van der Waals surface area contributed by atoms with Gasteiger partial charge in [0.1, 0.15) is 0 Å². The van der Waals surface area contributed by atoms with Gasteiger partial charge in [-0.2, -0.15) is 17.0 Å². The molecule has 0 saturated carbocycles. The molecule has 0 bridgehead atoms. The van der Waals surface area contributed by atoms with Crippen molar-refractivity contribution < 1.29 is 13.2 Å². The van der Waals surface area contributed by atoms with Crippen LogP contribution in [0.5, 0.6) is 0 Å². The van der Waals surface area contributed by atoms with Gasteiger partial charge in [-0.05, 0) is 24.5 Å². The van der Waals surface area contributed by atoms with Gasteiger partial charge in [0.15, 0.2) is 0 Å². The van der Waals surface area contributed by atoms with Crippen molar-refractivity contribution in [2.45, 2.75) is 25.4 Å². The van der Waals surface area contributed by atoms with Crippen molar-refractivity contribution in [1.82, 2.24) is 8.61 Å². The highest BCUT2D eigenvalue weighted by Gasteiger charge is 2.35. The van der Waals surface area contributed by atoms with E-state index in [1.807, 2.05) is 24.3 Å². The van der Waals surface area contributed by atoms with Gasteiger partial charge >= 0.3 is 0 Å². The third kappa shape index (κ3) is 3.46. The summed E-state index contributed by atoms with van der Waals surface area (Å²) < 4.78 is 34.1. The highest BCUT2D eigenvalue weighted by Crippen LogP contribution is 2.22. The van der Waals surface area contributed by atoms with Gasteiger partial charge in [0.25, 0.3) is 10.2 Å². The molecule has 0 unspecified atom stereocenters. The lowest BCUT2D eigenvalue weighted by molar-refractivity contribution is -0.00202. The molecule has 1 atom stereocenters. The average Bonchev–Trinajstić information content (AvgIpc) is 3.05. The number of ether oxygens (including phenoxy) is 1. The summed E-state index contributed by atoms with van der Waals surface area (Å²) >= 11 is 6.18. The summed E-state index contributed by atoms with van der Waals surface area (Å²) in [4.78, 5) is 0. The van der Waals surface area contributed by atoms with Crippen LogP contribution in [0.1, 0.15) is 18.4 Å². The van der Waals surface area contributed by atoms with Gasteiger partial charge in [-0.15, -0.1) is 0 Å². The van der Waals surface area contributed by atoms with E-state index >= 15 is 0 Å².